The summed E-state index contributed by atoms with van der Waals surface area (Å²) >= 11 is 0. The Bertz CT molecular complexity index is 1060. The van der Waals surface area contributed by atoms with Crippen molar-refractivity contribution in [3.63, 3.8) is 0 Å². The zero-order chi connectivity index (χ0) is 22.3. The number of carbonyl (C=O) groups excluding carboxylic acids is 1. The van der Waals surface area contributed by atoms with E-state index in [0.717, 1.165) is 43.1 Å². The Labute approximate surface area is 189 Å². The van der Waals surface area contributed by atoms with E-state index in [1.807, 2.05) is 36.5 Å². The molecule has 1 amide bonds. The summed E-state index contributed by atoms with van der Waals surface area (Å²) in [4.78, 5) is 21.8. The second-order valence-corrected chi connectivity index (χ2v) is 8.30. The smallest absolute Gasteiger partial charge is 0.251 e. The zero-order valence-corrected chi connectivity index (χ0v) is 18.8. The summed E-state index contributed by atoms with van der Waals surface area (Å²) in [5, 5.41) is 3.01. The van der Waals surface area contributed by atoms with Crippen LogP contribution in [-0.2, 0) is 13.2 Å². The van der Waals surface area contributed by atoms with Crippen LogP contribution in [0.4, 0.5) is 5.82 Å². The fraction of sp³-hybridized carbons (Fsp3) is 0.308. The molecule has 0 bridgehead atoms. The second-order valence-electron chi connectivity index (χ2n) is 8.30. The Kier molecular flexibility index (Phi) is 7.02. The summed E-state index contributed by atoms with van der Waals surface area (Å²) in [6.07, 6.45) is 1.81. The lowest BCUT2D eigenvalue weighted by Crippen LogP contribution is -2.44. The predicted octanol–water partition coefficient (Wildman–Crippen LogP) is 3.65. The van der Waals surface area contributed by atoms with Crippen LogP contribution in [0.25, 0.3) is 0 Å². The van der Waals surface area contributed by atoms with Gasteiger partial charge in [0.05, 0.1) is 0 Å². The van der Waals surface area contributed by atoms with Gasteiger partial charge in [0.15, 0.2) is 0 Å². The maximum Gasteiger partial charge on any atom is 0.251 e. The van der Waals surface area contributed by atoms with Crippen molar-refractivity contribution in [3.05, 3.63) is 89.1 Å². The summed E-state index contributed by atoms with van der Waals surface area (Å²) in [6.45, 7) is 6.99. The van der Waals surface area contributed by atoms with E-state index in [1.54, 1.807) is 12.1 Å². The largest absolute Gasteiger partial charge is 0.489 e. The van der Waals surface area contributed by atoms with Crippen LogP contribution in [0.15, 0.2) is 66.9 Å². The highest BCUT2D eigenvalue weighted by Crippen LogP contribution is 2.17. The summed E-state index contributed by atoms with van der Waals surface area (Å²) in [7, 11) is 2.14. The molecule has 6 heteroatoms. The summed E-state index contributed by atoms with van der Waals surface area (Å²) in [5.41, 5.74) is 3.93. The minimum absolute atomic E-state index is 0.121. The lowest BCUT2D eigenvalue weighted by Gasteiger charge is -2.33. The van der Waals surface area contributed by atoms with Crippen molar-refractivity contribution < 1.29 is 9.53 Å². The number of aryl methyl sites for hydroxylation is 1. The Morgan fingerprint density at radius 2 is 1.81 bits per heavy atom. The number of anilines is 1. The number of nitrogens with zero attached hydrogens (tertiary/aromatic N) is 3. The summed E-state index contributed by atoms with van der Waals surface area (Å²) in [6, 6.07) is 19.5. The second kappa shape index (κ2) is 10.3. The number of ether oxygens (including phenoxy) is 1. The number of benzene rings is 2. The third-order valence-electron chi connectivity index (χ3n) is 5.67. The molecule has 0 saturated carbocycles. The lowest BCUT2D eigenvalue weighted by atomic mass is 10.1. The number of piperazine rings is 1. The van der Waals surface area contributed by atoms with E-state index in [1.165, 1.54) is 5.56 Å². The maximum atomic E-state index is 12.7. The first-order chi connectivity index (χ1) is 15.6. The van der Waals surface area contributed by atoms with Gasteiger partial charge in [-0.2, -0.15) is 0 Å². The van der Waals surface area contributed by atoms with Gasteiger partial charge < -0.3 is 19.9 Å². The van der Waals surface area contributed by atoms with Gasteiger partial charge in [0.25, 0.3) is 5.91 Å². The summed E-state index contributed by atoms with van der Waals surface area (Å²) in [5.74, 6) is 1.53. The number of hydrogen-bond donors (Lipinski definition) is 1. The van der Waals surface area contributed by atoms with Crippen molar-refractivity contribution >= 4 is 11.7 Å². The molecule has 0 spiro atoms. The predicted molar refractivity (Wildman–Crippen MR) is 127 cm³/mol. The van der Waals surface area contributed by atoms with Crippen molar-refractivity contribution in [2.24, 2.45) is 0 Å². The standard InChI is InChI=1S/C26H30N4O2/c1-20-5-3-6-22(15-20)19-32-24-8-4-7-23(17-24)26(31)28-18-21-9-10-27-25(16-21)30-13-11-29(2)12-14-30/h3-10,15-17H,11-14,18-19H2,1-2H3,(H,28,31). The Morgan fingerprint density at radius 3 is 2.62 bits per heavy atom. The first-order valence-electron chi connectivity index (χ1n) is 11.0. The van der Waals surface area contributed by atoms with Crippen molar-refractivity contribution in [1.29, 1.82) is 0 Å². The minimum atomic E-state index is -0.121. The van der Waals surface area contributed by atoms with Crippen molar-refractivity contribution in [1.82, 2.24) is 15.2 Å². The number of pyridine rings is 1. The topological polar surface area (TPSA) is 57.7 Å². The molecule has 32 heavy (non-hydrogen) atoms. The highest BCUT2D eigenvalue weighted by molar-refractivity contribution is 5.94. The number of hydrogen-bond acceptors (Lipinski definition) is 5. The molecule has 0 unspecified atom stereocenters. The third kappa shape index (κ3) is 5.86. The molecule has 166 valence electrons. The van der Waals surface area contributed by atoms with Crippen LogP contribution >= 0.6 is 0 Å². The van der Waals surface area contributed by atoms with Gasteiger partial charge >= 0.3 is 0 Å². The number of nitrogens with one attached hydrogen (secondary N) is 1. The van der Waals surface area contributed by atoms with E-state index in [9.17, 15) is 4.79 Å². The van der Waals surface area contributed by atoms with Crippen LogP contribution in [0.2, 0.25) is 0 Å². The van der Waals surface area contributed by atoms with E-state index in [4.69, 9.17) is 4.74 Å². The number of amides is 1. The average Bonchev–Trinajstić information content (AvgIpc) is 2.82. The number of likely N-dealkylation sites (N-methyl/N-ethyl adjacent to an activating group) is 1. The number of carbonyl (C=O) groups is 1. The zero-order valence-electron chi connectivity index (χ0n) is 18.8. The molecular formula is C26H30N4O2. The van der Waals surface area contributed by atoms with Crippen LogP contribution in [0.3, 0.4) is 0 Å². The van der Waals surface area contributed by atoms with Crippen molar-refractivity contribution in [2.75, 3.05) is 38.1 Å². The Morgan fingerprint density at radius 1 is 1.00 bits per heavy atom. The molecule has 3 aromatic rings. The van der Waals surface area contributed by atoms with Crippen LogP contribution in [0.5, 0.6) is 5.75 Å². The van der Waals surface area contributed by atoms with Crippen molar-refractivity contribution in [3.8, 4) is 5.75 Å². The Hall–Kier alpha value is -3.38. The van der Waals surface area contributed by atoms with E-state index >= 15 is 0 Å². The average molecular weight is 431 g/mol. The SMILES string of the molecule is Cc1cccc(COc2cccc(C(=O)NCc3ccnc(N4CCN(C)CC4)c3)c2)c1. The van der Waals surface area contributed by atoms with Crippen molar-refractivity contribution in [2.45, 2.75) is 20.1 Å². The number of rotatable bonds is 7. The van der Waals surface area contributed by atoms with E-state index in [-0.39, 0.29) is 5.91 Å². The Balaban J connectivity index is 1.33. The molecular weight excluding hydrogens is 400 g/mol. The van der Waals surface area contributed by atoms with E-state index in [0.29, 0.717) is 24.5 Å². The molecule has 0 radical (unpaired) electrons. The van der Waals surface area contributed by atoms with E-state index in [2.05, 4.69) is 52.3 Å². The number of aromatic nitrogens is 1. The first kappa shape index (κ1) is 21.8. The molecule has 6 nitrogen and oxygen atoms in total. The molecule has 2 heterocycles. The maximum absolute atomic E-state index is 12.7. The summed E-state index contributed by atoms with van der Waals surface area (Å²) < 4.78 is 5.89. The first-order valence-corrected chi connectivity index (χ1v) is 11.0. The van der Waals surface area contributed by atoms with Gasteiger partial charge in [-0.05, 0) is 55.4 Å². The molecule has 0 aliphatic carbocycles. The molecule has 1 aliphatic heterocycles. The van der Waals surface area contributed by atoms with Crippen LogP contribution < -0.4 is 15.0 Å². The highest BCUT2D eigenvalue weighted by atomic mass is 16.5. The van der Waals surface area contributed by atoms with Gasteiger partial charge in [-0.1, -0.05) is 35.9 Å². The van der Waals surface area contributed by atoms with Gasteiger partial charge in [-0.25, -0.2) is 4.98 Å². The molecule has 4 rings (SSSR count). The van der Waals surface area contributed by atoms with Crippen LogP contribution in [0, 0.1) is 6.92 Å². The van der Waals surface area contributed by atoms with Crippen LogP contribution in [-0.4, -0.2) is 49.0 Å². The molecule has 1 fully saturated rings. The van der Waals surface area contributed by atoms with Gasteiger partial charge in [0.1, 0.15) is 18.2 Å². The lowest BCUT2D eigenvalue weighted by molar-refractivity contribution is 0.0950. The molecule has 0 atom stereocenters. The molecule has 1 saturated heterocycles. The third-order valence-corrected chi connectivity index (χ3v) is 5.67. The molecule has 1 aromatic heterocycles. The quantitative estimate of drug-likeness (QED) is 0.620. The van der Waals surface area contributed by atoms with E-state index < -0.39 is 0 Å². The van der Waals surface area contributed by atoms with Gasteiger partial charge in [-0.3, -0.25) is 4.79 Å². The molecule has 2 aromatic carbocycles. The van der Waals surface area contributed by atoms with Gasteiger partial charge in [0.2, 0.25) is 0 Å². The molecule has 1 aliphatic rings. The fourth-order valence-corrected chi connectivity index (χ4v) is 3.76. The van der Waals surface area contributed by atoms with Gasteiger partial charge in [-0.15, -0.1) is 0 Å². The molecule has 1 N–H and O–H groups in total. The monoisotopic (exact) mass is 430 g/mol. The van der Waals surface area contributed by atoms with Gasteiger partial charge in [0, 0.05) is 44.5 Å². The minimum Gasteiger partial charge on any atom is -0.489 e. The normalized spacial score (nSPS) is 14.2. The highest BCUT2D eigenvalue weighted by Gasteiger charge is 2.15. The van der Waals surface area contributed by atoms with Crippen LogP contribution in [0.1, 0.15) is 27.0 Å². The fourth-order valence-electron chi connectivity index (χ4n) is 3.76.